The number of halogens is 3. The van der Waals surface area contributed by atoms with Crippen molar-refractivity contribution in [1.82, 2.24) is 0 Å². The molecule has 0 N–H and O–H groups in total. The Morgan fingerprint density at radius 2 is 1.52 bits per heavy atom. The van der Waals surface area contributed by atoms with Crippen LogP contribution in [0.15, 0.2) is 42.5 Å². The zero-order chi connectivity index (χ0) is 15.5. The lowest BCUT2D eigenvalue weighted by atomic mass is 10.2. The molecule has 2 aromatic rings. The number of rotatable bonds is 5. The Labute approximate surface area is 138 Å². The average Bonchev–Trinajstić information content (AvgIpc) is 2.42. The van der Waals surface area contributed by atoms with Crippen molar-refractivity contribution in [2.24, 2.45) is 0 Å². The molecular weight excluding hydrogens is 355 g/mol. The van der Waals surface area contributed by atoms with Crippen LogP contribution in [-0.4, -0.2) is 14.2 Å². The van der Waals surface area contributed by atoms with Gasteiger partial charge < -0.3 is 4.18 Å². The van der Waals surface area contributed by atoms with Crippen LogP contribution in [0, 0.1) is 0 Å². The van der Waals surface area contributed by atoms with Gasteiger partial charge in [0.15, 0.2) is 5.75 Å². The molecule has 0 aliphatic rings. The van der Waals surface area contributed by atoms with Gasteiger partial charge in [0.1, 0.15) is 0 Å². The first-order chi connectivity index (χ1) is 9.87. The average molecular weight is 366 g/mol. The molecule has 0 aliphatic carbocycles. The summed E-state index contributed by atoms with van der Waals surface area (Å²) in [7, 11) is -3.80. The van der Waals surface area contributed by atoms with Crippen molar-refractivity contribution >= 4 is 44.9 Å². The molecule has 0 bridgehead atoms. The maximum atomic E-state index is 12.0. The highest BCUT2D eigenvalue weighted by Gasteiger charge is 2.18. The van der Waals surface area contributed by atoms with E-state index in [1.54, 1.807) is 0 Å². The van der Waals surface area contributed by atoms with Crippen molar-refractivity contribution in [1.29, 1.82) is 0 Å². The van der Waals surface area contributed by atoms with Gasteiger partial charge in [-0.15, -0.1) is 0 Å². The summed E-state index contributed by atoms with van der Waals surface area (Å²) in [6, 6.07) is 12.0. The molecule has 0 heterocycles. The van der Waals surface area contributed by atoms with Gasteiger partial charge in [0, 0.05) is 5.02 Å². The highest BCUT2D eigenvalue weighted by Crippen LogP contribution is 2.36. The van der Waals surface area contributed by atoms with E-state index in [0.29, 0.717) is 11.4 Å². The van der Waals surface area contributed by atoms with Crippen LogP contribution in [0.2, 0.25) is 15.1 Å². The summed E-state index contributed by atoms with van der Waals surface area (Å²) in [5, 5.41) is 0.408. The predicted octanol–water partition coefficient (Wildman–Crippen LogP) is 4.60. The quantitative estimate of drug-likeness (QED) is 0.727. The van der Waals surface area contributed by atoms with Crippen molar-refractivity contribution in [3.05, 3.63) is 63.1 Å². The van der Waals surface area contributed by atoms with E-state index in [0.717, 1.165) is 5.56 Å². The Balaban J connectivity index is 2.11. The Hall–Kier alpha value is -0.940. The van der Waals surface area contributed by atoms with Crippen molar-refractivity contribution in [3.63, 3.8) is 0 Å². The van der Waals surface area contributed by atoms with Crippen molar-refractivity contribution in [2.45, 2.75) is 6.42 Å². The first-order valence-corrected chi connectivity index (χ1v) is 8.69. The Bertz CT molecular complexity index is 707. The number of hydrogen-bond acceptors (Lipinski definition) is 3. The third-order valence-corrected chi connectivity index (χ3v) is 4.56. The molecule has 0 saturated carbocycles. The standard InChI is InChI=1S/C14H11Cl3O3S/c15-11-8-12(16)14(13(17)9-11)20-21(18,19)7-6-10-4-2-1-3-5-10/h1-5,8-9H,6-7H2. The topological polar surface area (TPSA) is 43.4 Å². The SMILES string of the molecule is O=S(=O)(CCc1ccccc1)Oc1c(Cl)cc(Cl)cc1Cl. The zero-order valence-corrected chi connectivity index (χ0v) is 13.8. The van der Waals surface area contributed by atoms with Gasteiger partial charge in [0.25, 0.3) is 0 Å². The molecule has 2 rings (SSSR count). The maximum Gasteiger partial charge on any atom is 0.309 e. The van der Waals surface area contributed by atoms with E-state index in [1.165, 1.54) is 12.1 Å². The number of benzene rings is 2. The summed E-state index contributed by atoms with van der Waals surface area (Å²) in [6.07, 6.45) is 0.339. The molecule has 0 aromatic heterocycles. The largest absolute Gasteiger partial charge is 0.379 e. The third-order valence-electron chi connectivity index (χ3n) is 2.66. The normalized spacial score (nSPS) is 11.4. The van der Waals surface area contributed by atoms with Crippen LogP contribution in [0.5, 0.6) is 5.75 Å². The molecule has 0 unspecified atom stereocenters. The van der Waals surface area contributed by atoms with Gasteiger partial charge in [-0.2, -0.15) is 8.42 Å². The van der Waals surface area contributed by atoms with E-state index in [-0.39, 0.29) is 21.5 Å². The Morgan fingerprint density at radius 3 is 2.10 bits per heavy atom. The van der Waals surface area contributed by atoms with Crippen LogP contribution in [-0.2, 0) is 16.5 Å². The van der Waals surface area contributed by atoms with E-state index in [4.69, 9.17) is 39.0 Å². The summed E-state index contributed by atoms with van der Waals surface area (Å²) in [6.45, 7) is 0. The Kier molecular flexibility index (Phi) is 5.38. The maximum absolute atomic E-state index is 12.0. The lowest BCUT2D eigenvalue weighted by Crippen LogP contribution is -2.16. The van der Waals surface area contributed by atoms with E-state index in [1.807, 2.05) is 30.3 Å². The molecule has 0 amide bonds. The van der Waals surface area contributed by atoms with Crippen molar-refractivity contribution in [2.75, 3.05) is 5.75 Å². The second-order valence-electron chi connectivity index (χ2n) is 4.28. The lowest BCUT2D eigenvalue weighted by Gasteiger charge is -2.10. The van der Waals surface area contributed by atoms with Crippen LogP contribution < -0.4 is 4.18 Å². The van der Waals surface area contributed by atoms with Crippen molar-refractivity contribution in [3.8, 4) is 5.75 Å². The van der Waals surface area contributed by atoms with Crippen LogP contribution >= 0.6 is 34.8 Å². The summed E-state index contributed by atoms with van der Waals surface area (Å²) >= 11 is 17.6. The molecule has 0 atom stereocenters. The number of aryl methyl sites for hydroxylation is 1. The van der Waals surface area contributed by atoms with Gasteiger partial charge in [0.05, 0.1) is 15.8 Å². The van der Waals surface area contributed by atoms with E-state index in [9.17, 15) is 8.42 Å². The monoisotopic (exact) mass is 364 g/mol. The van der Waals surface area contributed by atoms with E-state index < -0.39 is 10.1 Å². The van der Waals surface area contributed by atoms with Gasteiger partial charge >= 0.3 is 10.1 Å². The van der Waals surface area contributed by atoms with Crippen LogP contribution in [0.25, 0.3) is 0 Å². The highest BCUT2D eigenvalue weighted by molar-refractivity contribution is 7.87. The summed E-state index contributed by atoms with van der Waals surface area (Å²) < 4.78 is 29.0. The van der Waals surface area contributed by atoms with Crippen LogP contribution in [0.1, 0.15) is 5.56 Å². The minimum absolute atomic E-state index is 0.0517. The molecule has 3 nitrogen and oxygen atoms in total. The first kappa shape index (κ1) is 16.4. The van der Waals surface area contributed by atoms with Gasteiger partial charge in [-0.3, -0.25) is 0 Å². The summed E-state index contributed by atoms with van der Waals surface area (Å²) in [5.41, 5.74) is 0.901. The zero-order valence-electron chi connectivity index (χ0n) is 10.7. The molecule has 7 heteroatoms. The molecule has 0 spiro atoms. The molecule has 0 saturated heterocycles. The minimum Gasteiger partial charge on any atom is -0.379 e. The van der Waals surface area contributed by atoms with E-state index in [2.05, 4.69) is 0 Å². The van der Waals surface area contributed by atoms with Gasteiger partial charge in [-0.1, -0.05) is 65.1 Å². The predicted molar refractivity (Wildman–Crippen MR) is 86.0 cm³/mol. The second-order valence-corrected chi connectivity index (χ2v) is 7.22. The summed E-state index contributed by atoms with van der Waals surface area (Å²) in [5.74, 6) is -0.275. The van der Waals surface area contributed by atoms with E-state index >= 15 is 0 Å². The fourth-order valence-electron chi connectivity index (χ4n) is 1.66. The Morgan fingerprint density at radius 1 is 0.952 bits per heavy atom. The molecule has 2 aromatic carbocycles. The molecule has 0 fully saturated rings. The molecule has 21 heavy (non-hydrogen) atoms. The minimum atomic E-state index is -3.80. The summed E-state index contributed by atoms with van der Waals surface area (Å²) in [4.78, 5) is 0. The van der Waals surface area contributed by atoms with Crippen LogP contribution in [0.3, 0.4) is 0 Å². The third kappa shape index (κ3) is 4.78. The molecule has 0 aliphatic heterocycles. The van der Waals surface area contributed by atoms with Gasteiger partial charge in [-0.25, -0.2) is 0 Å². The second kappa shape index (κ2) is 6.88. The van der Waals surface area contributed by atoms with Crippen molar-refractivity contribution < 1.29 is 12.6 Å². The van der Waals surface area contributed by atoms with Gasteiger partial charge in [0.2, 0.25) is 0 Å². The smallest absolute Gasteiger partial charge is 0.309 e. The number of hydrogen-bond donors (Lipinski definition) is 0. The molecular formula is C14H11Cl3O3S. The first-order valence-electron chi connectivity index (χ1n) is 5.98. The van der Waals surface area contributed by atoms with Crippen LogP contribution in [0.4, 0.5) is 0 Å². The fourth-order valence-corrected chi connectivity index (χ4v) is 3.65. The fraction of sp³-hybridized carbons (Fsp3) is 0.143. The van der Waals surface area contributed by atoms with Gasteiger partial charge in [-0.05, 0) is 24.1 Å². The highest BCUT2D eigenvalue weighted by atomic mass is 35.5. The molecule has 0 radical (unpaired) electrons. The molecule has 112 valence electrons. The lowest BCUT2D eigenvalue weighted by molar-refractivity contribution is 0.486.